The second kappa shape index (κ2) is 9.82. The largest absolute Gasteiger partial charge is 0.399 e. The molecule has 36 heavy (non-hydrogen) atoms. The van der Waals surface area contributed by atoms with E-state index < -0.39 is 10.1 Å². The first-order valence-electron chi connectivity index (χ1n) is 10.5. The van der Waals surface area contributed by atoms with Crippen LogP contribution in [0.5, 0.6) is 0 Å². The molecule has 0 bridgehead atoms. The third-order valence-electron chi connectivity index (χ3n) is 5.07. The fourth-order valence-corrected chi connectivity index (χ4v) is 4.02. The van der Waals surface area contributed by atoms with Crippen LogP contribution in [0.1, 0.15) is 0 Å². The average Bonchev–Trinajstić information content (AvgIpc) is 2.83. The van der Waals surface area contributed by atoms with E-state index in [0.29, 0.717) is 45.4 Å². The van der Waals surface area contributed by atoms with Crippen molar-refractivity contribution in [2.45, 2.75) is 4.90 Å². The fourth-order valence-electron chi connectivity index (χ4n) is 3.28. The highest BCUT2D eigenvalue weighted by Crippen LogP contribution is 2.34. The molecule has 0 fully saturated rings. The molecule has 4 rings (SSSR count). The van der Waals surface area contributed by atoms with Gasteiger partial charge in [0.05, 0.1) is 22.7 Å². The van der Waals surface area contributed by atoms with Crippen LogP contribution in [-0.4, -0.2) is 13.0 Å². The van der Waals surface area contributed by atoms with Crippen LogP contribution in [0.3, 0.4) is 0 Å². The minimum atomic E-state index is -4.57. The standard InChI is InChI=1S/C24H22N8O3S/c25-15-3-9-22(20(27)11-15)31-29-17-5-1-14(2-6-17)19-8-7-18(13-24(19)36(33,34)35)30-32-23-10-4-16(26)12-21(23)28/h1-13H,25-28H2,(H,33,34,35). The Kier molecular flexibility index (Phi) is 6.63. The van der Waals surface area contributed by atoms with Crippen LogP contribution < -0.4 is 22.9 Å². The Labute approximate surface area is 206 Å². The van der Waals surface area contributed by atoms with Gasteiger partial charge in [0.1, 0.15) is 16.3 Å². The van der Waals surface area contributed by atoms with E-state index in [1.54, 1.807) is 60.7 Å². The Hall–Kier alpha value is -4.81. The van der Waals surface area contributed by atoms with Crippen molar-refractivity contribution in [3.05, 3.63) is 78.9 Å². The van der Waals surface area contributed by atoms with Crippen LogP contribution in [0.2, 0.25) is 0 Å². The molecule has 0 amide bonds. The van der Waals surface area contributed by atoms with Gasteiger partial charge in [-0.1, -0.05) is 18.2 Å². The molecule has 4 aromatic rings. The highest BCUT2D eigenvalue weighted by Gasteiger charge is 2.18. The summed E-state index contributed by atoms with van der Waals surface area (Å²) in [6, 6.07) is 20.6. The number of hydrogen-bond donors (Lipinski definition) is 5. The third kappa shape index (κ3) is 5.63. The second-order valence-electron chi connectivity index (χ2n) is 7.74. The number of anilines is 4. The number of hydrogen-bond acceptors (Lipinski definition) is 10. The van der Waals surface area contributed by atoms with Crippen LogP contribution >= 0.6 is 0 Å². The van der Waals surface area contributed by atoms with Crippen LogP contribution in [0.25, 0.3) is 11.1 Å². The van der Waals surface area contributed by atoms with E-state index >= 15 is 0 Å². The van der Waals surface area contributed by atoms with Gasteiger partial charge in [0.2, 0.25) is 0 Å². The van der Waals surface area contributed by atoms with Crippen LogP contribution in [0.15, 0.2) is 104 Å². The highest BCUT2D eigenvalue weighted by molar-refractivity contribution is 7.86. The van der Waals surface area contributed by atoms with E-state index in [2.05, 4.69) is 20.5 Å². The summed E-state index contributed by atoms with van der Waals surface area (Å²) in [5, 5.41) is 16.3. The lowest BCUT2D eigenvalue weighted by Crippen LogP contribution is -2.00. The van der Waals surface area contributed by atoms with Gasteiger partial charge in [-0.15, -0.1) is 10.2 Å². The van der Waals surface area contributed by atoms with Gasteiger partial charge >= 0.3 is 0 Å². The van der Waals surface area contributed by atoms with Crippen molar-refractivity contribution in [2.75, 3.05) is 22.9 Å². The van der Waals surface area contributed by atoms with Crippen molar-refractivity contribution in [3.8, 4) is 11.1 Å². The molecule has 0 saturated heterocycles. The zero-order valence-corrected chi connectivity index (χ0v) is 19.6. The Morgan fingerprint density at radius 2 is 1.08 bits per heavy atom. The SMILES string of the molecule is Nc1ccc(N=Nc2ccc(-c3ccc(N=Nc4ccc(N)cc4N)cc3S(=O)(=O)O)cc2)c(N)c1. The first-order chi connectivity index (χ1) is 17.1. The molecule has 11 nitrogen and oxygen atoms in total. The predicted molar refractivity (Wildman–Crippen MR) is 141 cm³/mol. The third-order valence-corrected chi connectivity index (χ3v) is 5.96. The van der Waals surface area contributed by atoms with Crippen molar-refractivity contribution < 1.29 is 13.0 Å². The predicted octanol–water partition coefficient (Wildman–Crippen LogP) is 5.76. The van der Waals surface area contributed by atoms with E-state index in [9.17, 15) is 13.0 Å². The summed E-state index contributed by atoms with van der Waals surface area (Å²) in [6.45, 7) is 0. The molecule has 0 aliphatic heterocycles. The minimum Gasteiger partial charge on any atom is -0.399 e. The Morgan fingerprint density at radius 1 is 0.583 bits per heavy atom. The lowest BCUT2D eigenvalue weighted by molar-refractivity contribution is 0.483. The summed E-state index contributed by atoms with van der Waals surface area (Å²) in [4.78, 5) is -0.326. The zero-order chi connectivity index (χ0) is 25.9. The Bertz CT molecular complexity index is 1600. The average molecular weight is 503 g/mol. The van der Waals surface area contributed by atoms with Crippen molar-refractivity contribution in [3.63, 3.8) is 0 Å². The summed E-state index contributed by atoms with van der Waals surface area (Å²) >= 11 is 0. The molecule has 0 aromatic heterocycles. The van der Waals surface area contributed by atoms with Crippen molar-refractivity contribution in [1.82, 2.24) is 0 Å². The van der Waals surface area contributed by atoms with Gasteiger partial charge in [-0.3, -0.25) is 4.55 Å². The molecule has 0 aliphatic carbocycles. The number of nitrogens with zero attached hydrogens (tertiary/aromatic N) is 4. The highest BCUT2D eigenvalue weighted by atomic mass is 32.2. The zero-order valence-electron chi connectivity index (χ0n) is 18.8. The van der Waals surface area contributed by atoms with E-state index in [-0.39, 0.29) is 16.1 Å². The molecule has 0 aliphatic rings. The number of rotatable bonds is 6. The fraction of sp³-hybridized carbons (Fsp3) is 0. The van der Waals surface area contributed by atoms with Gasteiger partial charge in [0, 0.05) is 16.9 Å². The molecular formula is C24H22N8O3S. The topological polar surface area (TPSA) is 208 Å². The molecule has 182 valence electrons. The van der Waals surface area contributed by atoms with Gasteiger partial charge in [0.15, 0.2) is 0 Å². The molecular weight excluding hydrogens is 480 g/mol. The summed E-state index contributed by atoms with van der Waals surface area (Å²) in [5.41, 5.74) is 27.2. The monoisotopic (exact) mass is 502 g/mol. The van der Waals surface area contributed by atoms with E-state index in [4.69, 9.17) is 22.9 Å². The second-order valence-corrected chi connectivity index (χ2v) is 9.13. The lowest BCUT2D eigenvalue weighted by atomic mass is 10.0. The minimum absolute atomic E-state index is 0.203. The van der Waals surface area contributed by atoms with Gasteiger partial charge in [-0.25, -0.2) is 0 Å². The molecule has 4 aromatic carbocycles. The lowest BCUT2D eigenvalue weighted by Gasteiger charge is -2.09. The molecule has 0 heterocycles. The number of nitrogen functional groups attached to an aromatic ring is 4. The number of nitrogens with two attached hydrogens (primary N) is 4. The Balaban J connectivity index is 1.62. The van der Waals surface area contributed by atoms with Crippen molar-refractivity contribution in [1.29, 1.82) is 0 Å². The maximum absolute atomic E-state index is 12.1. The number of benzene rings is 4. The summed E-state index contributed by atoms with van der Waals surface area (Å²) in [5.74, 6) is 0. The molecule has 0 spiro atoms. The maximum atomic E-state index is 12.1. The molecule has 0 saturated carbocycles. The first-order valence-corrected chi connectivity index (χ1v) is 11.9. The number of azo groups is 2. The van der Waals surface area contributed by atoms with Crippen LogP contribution in [0, 0.1) is 0 Å². The van der Waals surface area contributed by atoms with Crippen molar-refractivity contribution >= 4 is 55.6 Å². The van der Waals surface area contributed by atoms with E-state index in [1.807, 2.05) is 0 Å². The Morgan fingerprint density at radius 3 is 1.58 bits per heavy atom. The first kappa shape index (κ1) is 24.3. The molecule has 0 unspecified atom stereocenters. The molecule has 12 heteroatoms. The van der Waals surface area contributed by atoms with Crippen LogP contribution in [0.4, 0.5) is 45.5 Å². The van der Waals surface area contributed by atoms with Gasteiger partial charge in [0.25, 0.3) is 10.1 Å². The summed E-state index contributed by atoms with van der Waals surface area (Å²) in [6.07, 6.45) is 0. The summed E-state index contributed by atoms with van der Waals surface area (Å²) < 4.78 is 34.1. The molecule has 0 atom stereocenters. The molecule has 0 radical (unpaired) electrons. The molecule has 9 N–H and O–H groups in total. The van der Waals surface area contributed by atoms with Crippen molar-refractivity contribution in [2.24, 2.45) is 20.5 Å². The van der Waals surface area contributed by atoms with Gasteiger partial charge in [-0.2, -0.15) is 18.6 Å². The summed E-state index contributed by atoms with van der Waals surface area (Å²) in [7, 11) is -4.57. The van der Waals surface area contributed by atoms with E-state index in [1.165, 1.54) is 18.2 Å². The maximum Gasteiger partial charge on any atom is 0.295 e. The quantitative estimate of drug-likeness (QED) is 0.125. The van der Waals surface area contributed by atoms with Gasteiger partial charge in [-0.05, 0) is 66.2 Å². The van der Waals surface area contributed by atoms with Crippen LogP contribution in [-0.2, 0) is 10.1 Å². The van der Waals surface area contributed by atoms with Gasteiger partial charge < -0.3 is 22.9 Å². The smallest absolute Gasteiger partial charge is 0.295 e. The van der Waals surface area contributed by atoms with E-state index in [0.717, 1.165) is 0 Å². The normalized spacial score (nSPS) is 11.9.